The number of hydrogen-bond donors (Lipinski definition) is 1. The van der Waals surface area contributed by atoms with E-state index in [1.807, 2.05) is 11.0 Å². The molecule has 1 saturated heterocycles. The van der Waals surface area contributed by atoms with Gasteiger partial charge >= 0.3 is 0 Å². The Bertz CT molecular complexity index is 447. The molecule has 1 aromatic carbocycles. The lowest BCUT2D eigenvalue weighted by Gasteiger charge is -2.39. The van der Waals surface area contributed by atoms with E-state index in [0.717, 1.165) is 39.0 Å². The van der Waals surface area contributed by atoms with Crippen LogP contribution < -0.4 is 5.73 Å². The molecule has 1 unspecified atom stereocenters. The molecule has 1 fully saturated rings. The van der Waals surface area contributed by atoms with Crippen LogP contribution in [0.15, 0.2) is 30.3 Å². The van der Waals surface area contributed by atoms with Crippen molar-refractivity contribution in [2.45, 2.75) is 45.3 Å². The van der Waals surface area contributed by atoms with E-state index in [2.05, 4.69) is 36.1 Å². The van der Waals surface area contributed by atoms with Gasteiger partial charge in [-0.2, -0.15) is 0 Å². The number of rotatable bonds is 5. The standard InChI is InChI=1S/C17H27N3O/c1-3-19(12-15-8-5-4-6-9-15)16-10-7-11-20(13-16)17(21)14(2)18/h4-6,8-9,14,16H,3,7,10-13,18H2,1-2H3/t14?,16-/m0/s1. The summed E-state index contributed by atoms with van der Waals surface area (Å²) < 4.78 is 0. The monoisotopic (exact) mass is 289 g/mol. The average Bonchev–Trinajstić information content (AvgIpc) is 2.53. The van der Waals surface area contributed by atoms with Crippen molar-refractivity contribution in [2.75, 3.05) is 19.6 Å². The van der Waals surface area contributed by atoms with Gasteiger partial charge in [0.1, 0.15) is 0 Å². The van der Waals surface area contributed by atoms with Gasteiger partial charge in [0.25, 0.3) is 0 Å². The van der Waals surface area contributed by atoms with E-state index in [-0.39, 0.29) is 5.91 Å². The number of likely N-dealkylation sites (N-methyl/N-ethyl adjacent to an activating group) is 1. The zero-order chi connectivity index (χ0) is 15.2. The fourth-order valence-electron chi connectivity index (χ4n) is 3.06. The summed E-state index contributed by atoms with van der Waals surface area (Å²) in [6.07, 6.45) is 2.22. The molecular formula is C17H27N3O. The zero-order valence-corrected chi connectivity index (χ0v) is 13.2. The first kappa shape index (κ1) is 16.0. The average molecular weight is 289 g/mol. The Labute approximate surface area is 127 Å². The molecule has 0 bridgehead atoms. The van der Waals surface area contributed by atoms with Crippen molar-refractivity contribution in [1.82, 2.24) is 9.80 Å². The molecule has 1 aromatic rings. The van der Waals surface area contributed by atoms with E-state index in [1.165, 1.54) is 5.56 Å². The first-order chi connectivity index (χ1) is 10.1. The van der Waals surface area contributed by atoms with Gasteiger partial charge in [0, 0.05) is 25.7 Å². The topological polar surface area (TPSA) is 49.6 Å². The number of nitrogens with two attached hydrogens (primary N) is 1. The van der Waals surface area contributed by atoms with Crippen LogP contribution in [0.25, 0.3) is 0 Å². The van der Waals surface area contributed by atoms with Gasteiger partial charge in [-0.25, -0.2) is 0 Å². The second kappa shape index (κ2) is 7.57. The molecule has 0 spiro atoms. The molecule has 116 valence electrons. The minimum atomic E-state index is -0.395. The predicted octanol–water partition coefficient (Wildman–Crippen LogP) is 1.85. The van der Waals surface area contributed by atoms with Crippen LogP contribution in [0.3, 0.4) is 0 Å². The summed E-state index contributed by atoms with van der Waals surface area (Å²) in [6.45, 7) is 7.56. The molecule has 4 nitrogen and oxygen atoms in total. The van der Waals surface area contributed by atoms with Gasteiger partial charge in [0.15, 0.2) is 0 Å². The van der Waals surface area contributed by atoms with Crippen LogP contribution in [0.1, 0.15) is 32.3 Å². The summed E-state index contributed by atoms with van der Waals surface area (Å²) >= 11 is 0. The summed E-state index contributed by atoms with van der Waals surface area (Å²) in [4.78, 5) is 16.5. The first-order valence-corrected chi connectivity index (χ1v) is 7.94. The lowest BCUT2D eigenvalue weighted by atomic mass is 10.0. The van der Waals surface area contributed by atoms with E-state index < -0.39 is 6.04 Å². The smallest absolute Gasteiger partial charge is 0.239 e. The molecule has 4 heteroatoms. The minimum Gasteiger partial charge on any atom is -0.340 e. The molecular weight excluding hydrogens is 262 g/mol. The predicted molar refractivity (Wildman–Crippen MR) is 85.8 cm³/mol. The zero-order valence-electron chi connectivity index (χ0n) is 13.2. The normalized spacial score (nSPS) is 20.6. The Morgan fingerprint density at radius 3 is 2.76 bits per heavy atom. The van der Waals surface area contributed by atoms with Crippen molar-refractivity contribution in [1.29, 1.82) is 0 Å². The molecule has 0 aliphatic carbocycles. The number of piperidine rings is 1. The number of carbonyl (C=O) groups is 1. The number of benzene rings is 1. The Kier molecular flexibility index (Phi) is 5.76. The highest BCUT2D eigenvalue weighted by atomic mass is 16.2. The SMILES string of the molecule is CCN(Cc1ccccc1)[C@H]1CCCN(C(=O)C(C)N)C1. The number of carbonyl (C=O) groups excluding carboxylic acids is 1. The number of likely N-dealkylation sites (tertiary alicyclic amines) is 1. The Morgan fingerprint density at radius 1 is 1.43 bits per heavy atom. The third-order valence-electron chi connectivity index (χ3n) is 4.25. The van der Waals surface area contributed by atoms with Crippen molar-refractivity contribution in [3.05, 3.63) is 35.9 Å². The highest BCUT2D eigenvalue weighted by Gasteiger charge is 2.28. The van der Waals surface area contributed by atoms with E-state index >= 15 is 0 Å². The van der Waals surface area contributed by atoms with Crippen molar-refractivity contribution in [3.63, 3.8) is 0 Å². The minimum absolute atomic E-state index is 0.0791. The van der Waals surface area contributed by atoms with Crippen molar-refractivity contribution < 1.29 is 4.79 Å². The third-order valence-corrected chi connectivity index (χ3v) is 4.25. The Morgan fingerprint density at radius 2 is 2.14 bits per heavy atom. The van der Waals surface area contributed by atoms with E-state index in [0.29, 0.717) is 6.04 Å². The maximum absolute atomic E-state index is 12.1. The van der Waals surface area contributed by atoms with Crippen LogP contribution in [0.2, 0.25) is 0 Å². The van der Waals surface area contributed by atoms with E-state index in [9.17, 15) is 4.79 Å². The molecule has 1 heterocycles. The van der Waals surface area contributed by atoms with Gasteiger partial charge in [0.05, 0.1) is 6.04 Å². The van der Waals surface area contributed by atoms with Gasteiger partial charge in [0.2, 0.25) is 5.91 Å². The molecule has 21 heavy (non-hydrogen) atoms. The van der Waals surface area contributed by atoms with Crippen LogP contribution in [-0.4, -0.2) is 47.4 Å². The highest BCUT2D eigenvalue weighted by molar-refractivity contribution is 5.81. The van der Waals surface area contributed by atoms with Gasteiger partial charge in [-0.05, 0) is 31.9 Å². The fourth-order valence-corrected chi connectivity index (χ4v) is 3.06. The summed E-state index contributed by atoms with van der Waals surface area (Å²) in [6, 6.07) is 10.6. The summed E-state index contributed by atoms with van der Waals surface area (Å²) in [5.41, 5.74) is 7.07. The maximum Gasteiger partial charge on any atom is 0.239 e. The summed E-state index contributed by atoms with van der Waals surface area (Å²) in [5, 5.41) is 0. The molecule has 2 N–H and O–H groups in total. The van der Waals surface area contributed by atoms with Gasteiger partial charge in [-0.3, -0.25) is 9.69 Å². The van der Waals surface area contributed by atoms with Gasteiger partial charge in [-0.15, -0.1) is 0 Å². The summed E-state index contributed by atoms with van der Waals surface area (Å²) in [5.74, 6) is 0.0791. The summed E-state index contributed by atoms with van der Waals surface area (Å²) in [7, 11) is 0. The number of hydrogen-bond acceptors (Lipinski definition) is 3. The Balaban J connectivity index is 1.99. The maximum atomic E-state index is 12.1. The lowest BCUT2D eigenvalue weighted by molar-refractivity contribution is -0.134. The van der Waals surface area contributed by atoms with Crippen molar-refractivity contribution >= 4 is 5.91 Å². The molecule has 2 rings (SSSR count). The van der Waals surface area contributed by atoms with Crippen LogP contribution in [0.4, 0.5) is 0 Å². The van der Waals surface area contributed by atoms with Gasteiger partial charge < -0.3 is 10.6 Å². The molecule has 0 radical (unpaired) electrons. The number of nitrogens with zero attached hydrogens (tertiary/aromatic N) is 2. The lowest BCUT2D eigenvalue weighted by Crippen LogP contribution is -2.52. The van der Waals surface area contributed by atoms with E-state index in [1.54, 1.807) is 6.92 Å². The quantitative estimate of drug-likeness (QED) is 0.900. The van der Waals surface area contributed by atoms with Crippen LogP contribution in [0, 0.1) is 0 Å². The molecule has 0 saturated carbocycles. The van der Waals surface area contributed by atoms with Crippen LogP contribution >= 0.6 is 0 Å². The molecule has 0 aromatic heterocycles. The Hall–Kier alpha value is -1.39. The molecule has 1 aliphatic rings. The molecule has 1 amide bonds. The second-order valence-electron chi connectivity index (χ2n) is 5.92. The first-order valence-electron chi connectivity index (χ1n) is 7.94. The van der Waals surface area contributed by atoms with Crippen LogP contribution in [0.5, 0.6) is 0 Å². The fraction of sp³-hybridized carbons (Fsp3) is 0.588. The number of amides is 1. The molecule has 2 atom stereocenters. The van der Waals surface area contributed by atoms with Gasteiger partial charge in [-0.1, -0.05) is 37.3 Å². The largest absolute Gasteiger partial charge is 0.340 e. The van der Waals surface area contributed by atoms with Crippen molar-refractivity contribution in [2.24, 2.45) is 5.73 Å². The van der Waals surface area contributed by atoms with Crippen molar-refractivity contribution in [3.8, 4) is 0 Å². The van der Waals surface area contributed by atoms with Crippen LogP contribution in [-0.2, 0) is 11.3 Å². The third kappa shape index (κ3) is 4.29. The van der Waals surface area contributed by atoms with E-state index in [4.69, 9.17) is 5.73 Å². The highest BCUT2D eigenvalue weighted by Crippen LogP contribution is 2.18. The second-order valence-corrected chi connectivity index (χ2v) is 5.92. The molecule has 1 aliphatic heterocycles.